The molecule has 0 spiro atoms. The molecule has 0 radical (unpaired) electrons. The number of imidazole rings is 1. The first-order valence-electron chi connectivity index (χ1n) is 6.28. The van der Waals surface area contributed by atoms with E-state index in [4.69, 9.17) is 0 Å². The lowest BCUT2D eigenvalue weighted by molar-refractivity contribution is 0.663. The highest BCUT2D eigenvalue weighted by Gasteiger charge is 2.17. The molecule has 2 aromatic heterocycles. The number of thioether (sulfide) groups is 1. The zero-order chi connectivity index (χ0) is 13.8. The van der Waals surface area contributed by atoms with Gasteiger partial charge in [0.2, 0.25) is 5.95 Å². The molecule has 0 aromatic carbocycles. The summed E-state index contributed by atoms with van der Waals surface area (Å²) in [6.45, 7) is 2.21. The lowest BCUT2D eigenvalue weighted by Gasteiger charge is -2.26. The van der Waals surface area contributed by atoms with E-state index in [-0.39, 0.29) is 0 Å². The topological polar surface area (TPSA) is 69.7 Å². The van der Waals surface area contributed by atoms with Crippen LogP contribution in [0.2, 0.25) is 0 Å². The summed E-state index contributed by atoms with van der Waals surface area (Å²) in [4.78, 5) is 18.4. The van der Waals surface area contributed by atoms with Gasteiger partial charge in [0.15, 0.2) is 11.5 Å². The van der Waals surface area contributed by atoms with E-state index in [1.165, 1.54) is 0 Å². The van der Waals surface area contributed by atoms with Gasteiger partial charge >= 0.3 is 0 Å². The number of anilines is 2. The second-order valence-corrected chi connectivity index (χ2v) is 5.45. The summed E-state index contributed by atoms with van der Waals surface area (Å²) < 4.78 is 0. The number of H-pyrrole nitrogens is 1. The van der Waals surface area contributed by atoms with Gasteiger partial charge in [-0.2, -0.15) is 21.7 Å². The van der Waals surface area contributed by atoms with Gasteiger partial charge in [-0.25, -0.2) is 4.98 Å². The summed E-state index contributed by atoms with van der Waals surface area (Å²) in [6.07, 6.45) is 4.90. The van der Waals surface area contributed by atoms with E-state index in [0.717, 1.165) is 23.5 Å². The molecule has 0 aliphatic carbocycles. The second kappa shape index (κ2) is 6.10. The minimum atomic E-state index is 0.415. The Hall–Kier alpha value is -1.50. The van der Waals surface area contributed by atoms with Crippen LogP contribution < -0.4 is 10.2 Å². The first kappa shape index (κ1) is 13.9. The fourth-order valence-electron chi connectivity index (χ4n) is 1.88. The van der Waals surface area contributed by atoms with Gasteiger partial charge in [-0.1, -0.05) is 0 Å². The molecular weight excluding hydrogens is 260 g/mol. The van der Waals surface area contributed by atoms with Crippen LogP contribution in [-0.2, 0) is 0 Å². The van der Waals surface area contributed by atoms with Gasteiger partial charge in [0.25, 0.3) is 0 Å². The Labute approximate surface area is 117 Å². The highest BCUT2D eigenvalue weighted by molar-refractivity contribution is 7.98. The highest BCUT2D eigenvalue weighted by Crippen LogP contribution is 2.24. The maximum absolute atomic E-state index is 4.55. The third kappa shape index (κ3) is 2.91. The van der Waals surface area contributed by atoms with Gasteiger partial charge in [-0.15, -0.1) is 0 Å². The summed E-state index contributed by atoms with van der Waals surface area (Å²) in [5.41, 5.74) is 1.58. The van der Waals surface area contributed by atoms with Crippen molar-refractivity contribution in [1.29, 1.82) is 0 Å². The fourth-order valence-corrected chi connectivity index (χ4v) is 2.45. The van der Waals surface area contributed by atoms with Crippen molar-refractivity contribution in [1.82, 2.24) is 19.9 Å². The molecule has 0 saturated carbocycles. The van der Waals surface area contributed by atoms with E-state index < -0.39 is 0 Å². The molecule has 7 heteroatoms. The molecule has 104 valence electrons. The summed E-state index contributed by atoms with van der Waals surface area (Å²) in [7, 11) is 3.88. The first-order valence-corrected chi connectivity index (χ1v) is 7.67. The lowest BCUT2D eigenvalue weighted by Crippen LogP contribution is -2.30. The standard InChI is InChI=1S/C12H20N6S/c1-8(5-6-19-4)18(3)11-9-10(15-7-14-9)16-12(13-2)17-11/h7-8H,5-6H2,1-4H3,(H2,13,14,15,16,17). The SMILES string of the molecule is CNc1nc(N(C)C(C)CCSC)c2[nH]cnc2n1. The van der Waals surface area contributed by atoms with Gasteiger partial charge in [0.05, 0.1) is 6.33 Å². The van der Waals surface area contributed by atoms with Crippen LogP contribution in [0.3, 0.4) is 0 Å². The van der Waals surface area contributed by atoms with E-state index in [2.05, 4.69) is 50.4 Å². The van der Waals surface area contributed by atoms with E-state index in [9.17, 15) is 0 Å². The van der Waals surface area contributed by atoms with Crippen LogP contribution in [0.25, 0.3) is 11.2 Å². The summed E-state index contributed by atoms with van der Waals surface area (Å²) in [6, 6.07) is 0.415. The van der Waals surface area contributed by atoms with Gasteiger partial charge in [0.1, 0.15) is 5.52 Å². The number of nitrogens with zero attached hydrogens (tertiary/aromatic N) is 4. The van der Waals surface area contributed by atoms with Crippen molar-refractivity contribution >= 4 is 34.7 Å². The smallest absolute Gasteiger partial charge is 0.226 e. The maximum Gasteiger partial charge on any atom is 0.226 e. The average molecular weight is 280 g/mol. The molecule has 0 aliphatic heterocycles. The van der Waals surface area contributed by atoms with Crippen molar-refractivity contribution in [2.45, 2.75) is 19.4 Å². The molecule has 19 heavy (non-hydrogen) atoms. The normalized spacial score (nSPS) is 12.6. The Morgan fingerprint density at radius 2 is 2.26 bits per heavy atom. The maximum atomic E-state index is 4.55. The van der Waals surface area contributed by atoms with Crippen LogP contribution in [0.15, 0.2) is 6.33 Å². The van der Waals surface area contributed by atoms with Gasteiger partial charge < -0.3 is 15.2 Å². The van der Waals surface area contributed by atoms with Gasteiger partial charge in [-0.3, -0.25) is 0 Å². The number of aromatic amines is 1. The molecule has 0 amide bonds. The Bertz CT molecular complexity index is 540. The minimum Gasteiger partial charge on any atom is -0.357 e. The molecule has 2 N–H and O–H groups in total. The first-order chi connectivity index (χ1) is 9.17. The van der Waals surface area contributed by atoms with E-state index in [0.29, 0.717) is 17.6 Å². The molecule has 2 aromatic rings. The van der Waals surface area contributed by atoms with Crippen molar-refractivity contribution in [3.05, 3.63) is 6.33 Å². The van der Waals surface area contributed by atoms with Crippen molar-refractivity contribution in [3.8, 4) is 0 Å². The Kier molecular flexibility index (Phi) is 4.47. The molecule has 6 nitrogen and oxygen atoms in total. The van der Waals surface area contributed by atoms with Crippen LogP contribution in [0.5, 0.6) is 0 Å². The quantitative estimate of drug-likeness (QED) is 0.843. The number of hydrogen-bond donors (Lipinski definition) is 2. The number of rotatable bonds is 6. The highest BCUT2D eigenvalue weighted by atomic mass is 32.2. The van der Waals surface area contributed by atoms with E-state index in [1.54, 1.807) is 6.33 Å². The largest absolute Gasteiger partial charge is 0.357 e. The van der Waals surface area contributed by atoms with Crippen LogP contribution >= 0.6 is 11.8 Å². The predicted molar refractivity (Wildman–Crippen MR) is 82.1 cm³/mol. The molecule has 0 aliphatic rings. The third-order valence-corrected chi connectivity index (χ3v) is 3.87. The van der Waals surface area contributed by atoms with Crippen molar-refractivity contribution in [2.75, 3.05) is 36.3 Å². The molecule has 1 atom stereocenters. The lowest BCUT2D eigenvalue weighted by atomic mass is 10.2. The van der Waals surface area contributed by atoms with E-state index in [1.807, 2.05) is 18.8 Å². The molecule has 2 heterocycles. The summed E-state index contributed by atoms with van der Waals surface area (Å²) in [5.74, 6) is 2.63. The zero-order valence-electron chi connectivity index (χ0n) is 11.8. The van der Waals surface area contributed by atoms with Crippen molar-refractivity contribution < 1.29 is 0 Å². The summed E-state index contributed by atoms with van der Waals surface area (Å²) in [5, 5.41) is 2.98. The molecule has 2 rings (SSSR count). The molecule has 0 bridgehead atoms. The molecule has 0 fully saturated rings. The second-order valence-electron chi connectivity index (χ2n) is 4.46. The Balaban J connectivity index is 2.34. The van der Waals surface area contributed by atoms with Crippen molar-refractivity contribution in [2.24, 2.45) is 0 Å². The fraction of sp³-hybridized carbons (Fsp3) is 0.583. The number of aromatic nitrogens is 4. The zero-order valence-corrected chi connectivity index (χ0v) is 12.6. The van der Waals surface area contributed by atoms with Gasteiger partial charge in [-0.05, 0) is 25.4 Å². The molecular formula is C12H20N6S. The summed E-state index contributed by atoms with van der Waals surface area (Å²) >= 11 is 1.86. The monoisotopic (exact) mass is 280 g/mol. The predicted octanol–water partition coefficient (Wildman–Crippen LogP) is 1.97. The number of hydrogen-bond acceptors (Lipinski definition) is 6. The van der Waals surface area contributed by atoms with Crippen LogP contribution in [0.4, 0.5) is 11.8 Å². The van der Waals surface area contributed by atoms with Gasteiger partial charge in [0, 0.05) is 20.1 Å². The molecule has 1 unspecified atom stereocenters. The molecule has 0 saturated heterocycles. The van der Waals surface area contributed by atoms with Crippen LogP contribution in [-0.4, -0.2) is 52.1 Å². The Morgan fingerprint density at radius 1 is 1.47 bits per heavy atom. The Morgan fingerprint density at radius 3 is 2.95 bits per heavy atom. The van der Waals surface area contributed by atoms with Crippen LogP contribution in [0.1, 0.15) is 13.3 Å². The number of fused-ring (bicyclic) bond motifs is 1. The van der Waals surface area contributed by atoms with Crippen molar-refractivity contribution in [3.63, 3.8) is 0 Å². The minimum absolute atomic E-state index is 0.415. The average Bonchev–Trinajstić information content (AvgIpc) is 2.90. The third-order valence-electron chi connectivity index (χ3n) is 3.23. The number of nitrogens with one attached hydrogen (secondary N) is 2. The van der Waals surface area contributed by atoms with E-state index >= 15 is 0 Å². The van der Waals surface area contributed by atoms with Crippen LogP contribution in [0, 0.1) is 0 Å².